The molecule has 1 aromatic heterocycles. The van der Waals surface area contributed by atoms with Crippen LogP contribution in [0.5, 0.6) is 0 Å². The van der Waals surface area contributed by atoms with Crippen LogP contribution in [0.15, 0.2) is 0 Å². The van der Waals surface area contributed by atoms with Crippen LogP contribution in [0, 0.1) is 6.92 Å². The van der Waals surface area contributed by atoms with Crippen LogP contribution >= 0.6 is 0 Å². The topological polar surface area (TPSA) is 34.0 Å². The fourth-order valence-corrected chi connectivity index (χ4v) is 1.42. The van der Waals surface area contributed by atoms with Gasteiger partial charge in [0.25, 0.3) is 0 Å². The normalized spacial score (nSPS) is 19.0. The average Bonchev–Trinajstić information content (AvgIpc) is 2.33. The molecule has 1 aliphatic rings. The summed E-state index contributed by atoms with van der Waals surface area (Å²) in [6.07, 6.45) is -0.644. The Labute approximate surface area is 76.4 Å². The Bertz CT molecular complexity index is 303. The molecule has 4 nitrogen and oxygen atoms in total. The van der Waals surface area contributed by atoms with Gasteiger partial charge in [0.1, 0.15) is 17.8 Å². The minimum absolute atomic E-state index is 0.534. The lowest BCUT2D eigenvalue weighted by Gasteiger charge is -2.33. The Kier molecular flexibility index (Phi) is 2.03. The Balaban J connectivity index is 1.98. The predicted molar refractivity (Wildman–Crippen MR) is 45.9 cm³/mol. The average molecular weight is 184 g/mol. The maximum atomic E-state index is 12.5. The van der Waals surface area contributed by atoms with Crippen molar-refractivity contribution in [1.82, 2.24) is 19.7 Å². The Morgan fingerprint density at radius 1 is 1.46 bits per heavy atom. The summed E-state index contributed by atoms with van der Waals surface area (Å²) in [5.74, 6) is 1.80. The number of rotatable bonds is 2. The standard InChI is InChI=1S/C8H13FN4/c1-6-10-11-8(12(6)2)5-13-3-7(9)4-13/h7H,3-5H2,1-2H3. The van der Waals surface area contributed by atoms with Crippen molar-refractivity contribution in [2.75, 3.05) is 13.1 Å². The highest BCUT2D eigenvalue weighted by atomic mass is 19.1. The molecule has 2 heterocycles. The van der Waals surface area contributed by atoms with E-state index in [1.807, 2.05) is 23.4 Å². The minimum Gasteiger partial charge on any atom is -0.317 e. The summed E-state index contributed by atoms with van der Waals surface area (Å²) in [5.41, 5.74) is 0. The van der Waals surface area contributed by atoms with Gasteiger partial charge in [-0.2, -0.15) is 0 Å². The van der Waals surface area contributed by atoms with Crippen molar-refractivity contribution in [1.29, 1.82) is 0 Å². The first-order chi connectivity index (χ1) is 6.16. The molecule has 72 valence electrons. The second-order valence-electron chi connectivity index (χ2n) is 3.51. The highest BCUT2D eigenvalue weighted by Crippen LogP contribution is 2.14. The lowest BCUT2D eigenvalue weighted by Crippen LogP contribution is -2.47. The molecule has 1 aliphatic heterocycles. The summed E-state index contributed by atoms with van der Waals surface area (Å²) in [6, 6.07) is 0. The summed E-state index contributed by atoms with van der Waals surface area (Å²) < 4.78 is 14.4. The van der Waals surface area contributed by atoms with Crippen molar-refractivity contribution < 1.29 is 4.39 Å². The Hall–Kier alpha value is -0.970. The molecule has 2 rings (SSSR count). The highest BCUT2D eigenvalue weighted by Gasteiger charge is 2.27. The van der Waals surface area contributed by atoms with Crippen molar-refractivity contribution in [2.45, 2.75) is 19.6 Å². The zero-order chi connectivity index (χ0) is 9.42. The number of aryl methyl sites for hydroxylation is 1. The van der Waals surface area contributed by atoms with Crippen LogP contribution in [-0.2, 0) is 13.6 Å². The van der Waals surface area contributed by atoms with Gasteiger partial charge in [0.15, 0.2) is 0 Å². The summed E-state index contributed by atoms with van der Waals surface area (Å²) in [7, 11) is 1.93. The third-order valence-electron chi connectivity index (χ3n) is 2.46. The van der Waals surface area contributed by atoms with Crippen LogP contribution in [0.3, 0.4) is 0 Å². The van der Waals surface area contributed by atoms with Crippen molar-refractivity contribution in [2.24, 2.45) is 7.05 Å². The van der Waals surface area contributed by atoms with Crippen LogP contribution < -0.4 is 0 Å². The molecule has 1 saturated heterocycles. The number of aromatic nitrogens is 3. The molecule has 0 N–H and O–H groups in total. The Morgan fingerprint density at radius 2 is 2.15 bits per heavy atom. The molecule has 0 bridgehead atoms. The predicted octanol–water partition coefficient (Wildman–Crippen LogP) is 0.277. The van der Waals surface area contributed by atoms with E-state index in [1.165, 1.54) is 0 Å². The highest BCUT2D eigenvalue weighted by molar-refractivity contribution is 4.94. The fourth-order valence-electron chi connectivity index (χ4n) is 1.42. The van der Waals surface area contributed by atoms with E-state index in [0.29, 0.717) is 19.6 Å². The van der Waals surface area contributed by atoms with Gasteiger partial charge in [-0.25, -0.2) is 4.39 Å². The van der Waals surface area contributed by atoms with Crippen molar-refractivity contribution >= 4 is 0 Å². The van der Waals surface area contributed by atoms with Gasteiger partial charge < -0.3 is 4.57 Å². The molecule has 13 heavy (non-hydrogen) atoms. The molecule has 1 aromatic rings. The maximum absolute atomic E-state index is 12.5. The number of hydrogen-bond acceptors (Lipinski definition) is 3. The summed E-state index contributed by atoms with van der Waals surface area (Å²) >= 11 is 0. The molecule has 0 aromatic carbocycles. The van der Waals surface area contributed by atoms with E-state index in [4.69, 9.17) is 0 Å². The van der Waals surface area contributed by atoms with E-state index in [2.05, 4.69) is 10.2 Å². The molecule has 1 fully saturated rings. The third-order valence-corrected chi connectivity index (χ3v) is 2.46. The van der Waals surface area contributed by atoms with Crippen molar-refractivity contribution in [3.8, 4) is 0 Å². The first kappa shape index (κ1) is 8.62. The smallest absolute Gasteiger partial charge is 0.146 e. The van der Waals surface area contributed by atoms with Crippen molar-refractivity contribution in [3.63, 3.8) is 0 Å². The van der Waals surface area contributed by atoms with Gasteiger partial charge in [-0.15, -0.1) is 10.2 Å². The fraction of sp³-hybridized carbons (Fsp3) is 0.750. The van der Waals surface area contributed by atoms with Gasteiger partial charge in [-0.3, -0.25) is 4.90 Å². The minimum atomic E-state index is -0.644. The second-order valence-corrected chi connectivity index (χ2v) is 3.51. The maximum Gasteiger partial charge on any atom is 0.146 e. The van der Waals surface area contributed by atoms with Crippen LogP contribution in [0.1, 0.15) is 11.6 Å². The monoisotopic (exact) mass is 184 g/mol. The molecular formula is C8H13FN4. The molecule has 0 amide bonds. The van der Waals surface area contributed by atoms with Gasteiger partial charge in [-0.05, 0) is 6.92 Å². The van der Waals surface area contributed by atoms with Crippen LogP contribution in [-0.4, -0.2) is 38.9 Å². The molecule has 0 radical (unpaired) electrons. The molecule has 0 spiro atoms. The van der Waals surface area contributed by atoms with Gasteiger partial charge in [0, 0.05) is 20.1 Å². The quantitative estimate of drug-likeness (QED) is 0.662. The Morgan fingerprint density at radius 3 is 2.62 bits per heavy atom. The third kappa shape index (κ3) is 1.56. The molecule has 0 aliphatic carbocycles. The number of halogens is 1. The number of alkyl halides is 1. The zero-order valence-corrected chi connectivity index (χ0v) is 7.87. The molecule has 5 heteroatoms. The summed E-state index contributed by atoms with van der Waals surface area (Å²) in [6.45, 7) is 3.68. The van der Waals surface area contributed by atoms with Gasteiger partial charge >= 0.3 is 0 Å². The molecule has 0 unspecified atom stereocenters. The molecular weight excluding hydrogens is 171 g/mol. The second kappa shape index (κ2) is 3.06. The molecule has 0 atom stereocenters. The van der Waals surface area contributed by atoms with E-state index < -0.39 is 6.17 Å². The SMILES string of the molecule is Cc1nnc(CN2CC(F)C2)n1C. The van der Waals surface area contributed by atoms with Crippen molar-refractivity contribution in [3.05, 3.63) is 11.6 Å². The zero-order valence-electron chi connectivity index (χ0n) is 7.87. The number of likely N-dealkylation sites (tertiary alicyclic amines) is 1. The van der Waals surface area contributed by atoms with E-state index in [0.717, 1.165) is 11.6 Å². The van der Waals surface area contributed by atoms with Gasteiger partial charge in [0.2, 0.25) is 0 Å². The van der Waals surface area contributed by atoms with Crippen LogP contribution in [0.4, 0.5) is 4.39 Å². The van der Waals surface area contributed by atoms with E-state index in [9.17, 15) is 4.39 Å². The summed E-state index contributed by atoms with van der Waals surface area (Å²) in [4.78, 5) is 2.02. The lowest BCUT2D eigenvalue weighted by molar-refractivity contribution is 0.0561. The summed E-state index contributed by atoms with van der Waals surface area (Å²) in [5, 5.41) is 7.95. The lowest BCUT2D eigenvalue weighted by atomic mass is 10.2. The first-order valence-corrected chi connectivity index (χ1v) is 4.38. The van der Waals surface area contributed by atoms with Gasteiger partial charge in [0.05, 0.1) is 6.54 Å². The van der Waals surface area contributed by atoms with E-state index in [1.54, 1.807) is 0 Å². The number of hydrogen-bond donors (Lipinski definition) is 0. The van der Waals surface area contributed by atoms with Gasteiger partial charge in [-0.1, -0.05) is 0 Å². The van der Waals surface area contributed by atoms with Crippen LogP contribution in [0.25, 0.3) is 0 Å². The molecule has 0 saturated carbocycles. The van der Waals surface area contributed by atoms with Crippen LogP contribution in [0.2, 0.25) is 0 Å². The first-order valence-electron chi connectivity index (χ1n) is 4.38. The largest absolute Gasteiger partial charge is 0.317 e. The van der Waals surface area contributed by atoms with E-state index >= 15 is 0 Å². The number of nitrogens with zero attached hydrogens (tertiary/aromatic N) is 4. The van der Waals surface area contributed by atoms with E-state index in [-0.39, 0.29) is 0 Å².